The van der Waals surface area contributed by atoms with Crippen LogP contribution in [-0.4, -0.2) is 13.8 Å². The van der Waals surface area contributed by atoms with Gasteiger partial charge in [0.1, 0.15) is 10.7 Å². The number of halogens is 1. The maximum atomic E-state index is 9.71. The van der Waals surface area contributed by atoms with Gasteiger partial charge in [0.2, 0.25) is 0 Å². The predicted molar refractivity (Wildman–Crippen MR) is 29.9 cm³/mol. The zero-order valence-corrected chi connectivity index (χ0v) is 5.45. The Kier molecular flexibility index (Phi) is 3.38. The molecule has 1 atom stereocenters. The smallest absolute Gasteiger partial charge is 0.145 e. The lowest BCUT2D eigenvalue weighted by Crippen LogP contribution is -1.91. The highest BCUT2D eigenvalue weighted by atomic mass is 35.5. The summed E-state index contributed by atoms with van der Waals surface area (Å²) in [6.45, 7) is 1.59. The number of thiol groups is 1. The summed E-state index contributed by atoms with van der Waals surface area (Å²) in [6.07, 6.45) is 0. The van der Waals surface area contributed by atoms with Gasteiger partial charge in [-0.2, -0.15) is 0 Å². The van der Waals surface area contributed by atoms with Crippen LogP contribution in [-0.2, 0) is 10.7 Å². The normalized spacial score (nSPS) is 14.7. The molecule has 0 aliphatic heterocycles. The molecule has 0 aromatic carbocycles. The van der Waals surface area contributed by atoms with Gasteiger partial charge in [-0.3, -0.25) is 0 Å². The molecule has 0 bridgehead atoms. The third-order valence-electron chi connectivity index (χ3n) is 0.327. The Hall–Kier alpha value is 0.240. The standard InChI is InChI=1S/C3H6ClO2S/c1-3(4)2-7(5)6/h2-3,7H,1H3. The summed E-state index contributed by atoms with van der Waals surface area (Å²) >= 11 is 5.23. The third-order valence-corrected chi connectivity index (χ3v) is 1.32. The van der Waals surface area contributed by atoms with E-state index in [1.165, 1.54) is 0 Å². The first-order valence-electron chi connectivity index (χ1n) is 1.75. The first kappa shape index (κ1) is 7.24. The Labute approximate surface area is 49.4 Å². The highest BCUT2D eigenvalue weighted by molar-refractivity contribution is 7.74. The topological polar surface area (TPSA) is 34.1 Å². The van der Waals surface area contributed by atoms with Crippen LogP contribution >= 0.6 is 11.6 Å². The second kappa shape index (κ2) is 3.27. The van der Waals surface area contributed by atoms with Crippen LogP contribution in [0.1, 0.15) is 6.92 Å². The molecule has 2 nitrogen and oxygen atoms in total. The number of hydrogen-bond donors (Lipinski definition) is 1. The summed E-state index contributed by atoms with van der Waals surface area (Å²) in [6, 6.07) is 0. The lowest BCUT2D eigenvalue weighted by atomic mass is 10.6. The summed E-state index contributed by atoms with van der Waals surface area (Å²) in [5.41, 5.74) is 0. The van der Waals surface area contributed by atoms with E-state index in [4.69, 9.17) is 11.6 Å². The summed E-state index contributed by atoms with van der Waals surface area (Å²) in [5.74, 6) is 1.05. The van der Waals surface area contributed by atoms with E-state index in [2.05, 4.69) is 0 Å². The molecule has 0 N–H and O–H groups in total. The Morgan fingerprint density at radius 1 is 1.71 bits per heavy atom. The van der Waals surface area contributed by atoms with Crippen molar-refractivity contribution in [1.82, 2.24) is 0 Å². The fourth-order valence-electron chi connectivity index (χ4n) is 0.168. The zero-order chi connectivity index (χ0) is 5.86. The molecule has 0 saturated carbocycles. The van der Waals surface area contributed by atoms with Crippen molar-refractivity contribution in [1.29, 1.82) is 0 Å². The van der Waals surface area contributed by atoms with Crippen molar-refractivity contribution < 1.29 is 8.42 Å². The summed E-state index contributed by atoms with van der Waals surface area (Å²) < 4.78 is 19.4. The quantitative estimate of drug-likeness (QED) is 0.446. The van der Waals surface area contributed by atoms with Gasteiger partial charge in [-0.25, -0.2) is 8.42 Å². The maximum absolute atomic E-state index is 9.71. The van der Waals surface area contributed by atoms with E-state index in [0.29, 0.717) is 0 Å². The monoisotopic (exact) mass is 141 g/mol. The molecule has 0 aliphatic carbocycles. The minimum absolute atomic E-state index is 0.374. The molecular formula is C3H6ClO2S. The molecule has 0 saturated heterocycles. The lowest BCUT2D eigenvalue weighted by Gasteiger charge is -1.87. The van der Waals surface area contributed by atoms with E-state index in [9.17, 15) is 8.42 Å². The van der Waals surface area contributed by atoms with Crippen molar-refractivity contribution in [3.63, 3.8) is 0 Å². The van der Waals surface area contributed by atoms with Gasteiger partial charge in [0, 0.05) is 5.38 Å². The van der Waals surface area contributed by atoms with Crippen molar-refractivity contribution >= 4 is 22.3 Å². The molecule has 0 aliphatic rings. The van der Waals surface area contributed by atoms with Gasteiger partial charge in [0.05, 0.1) is 5.75 Å². The van der Waals surface area contributed by atoms with Crippen LogP contribution in [0.3, 0.4) is 0 Å². The Morgan fingerprint density at radius 2 is 2.14 bits per heavy atom. The van der Waals surface area contributed by atoms with Gasteiger partial charge in [-0.15, -0.1) is 11.6 Å². The second-order valence-electron chi connectivity index (χ2n) is 1.11. The van der Waals surface area contributed by atoms with Gasteiger partial charge >= 0.3 is 0 Å². The third kappa shape index (κ3) is 6.24. The van der Waals surface area contributed by atoms with E-state index >= 15 is 0 Å². The minimum Gasteiger partial charge on any atom is -0.231 e. The predicted octanol–water partition coefficient (Wildman–Crippen LogP) is 0.387. The van der Waals surface area contributed by atoms with E-state index in [0.717, 1.165) is 5.75 Å². The average molecular weight is 142 g/mol. The molecule has 0 rings (SSSR count). The minimum atomic E-state index is -2.40. The first-order chi connectivity index (χ1) is 3.13. The molecule has 0 aromatic heterocycles. The molecule has 0 fully saturated rings. The Morgan fingerprint density at radius 3 is 2.14 bits per heavy atom. The van der Waals surface area contributed by atoms with E-state index in [-0.39, 0.29) is 5.38 Å². The second-order valence-corrected chi connectivity index (χ2v) is 2.67. The molecule has 7 heavy (non-hydrogen) atoms. The van der Waals surface area contributed by atoms with Gasteiger partial charge in [0.15, 0.2) is 0 Å². The number of rotatable bonds is 2. The fourth-order valence-corrected chi connectivity index (χ4v) is 0.779. The largest absolute Gasteiger partial charge is 0.231 e. The van der Waals surface area contributed by atoms with Crippen molar-refractivity contribution in [2.75, 3.05) is 0 Å². The first-order valence-corrected chi connectivity index (χ1v) is 3.44. The Balaban J connectivity index is 3.32. The highest BCUT2D eigenvalue weighted by Gasteiger charge is 1.95. The van der Waals surface area contributed by atoms with Crippen molar-refractivity contribution in [2.24, 2.45) is 0 Å². The molecule has 1 unspecified atom stereocenters. The van der Waals surface area contributed by atoms with Crippen LogP contribution in [0.25, 0.3) is 0 Å². The maximum Gasteiger partial charge on any atom is 0.145 e. The van der Waals surface area contributed by atoms with Crippen LogP contribution in [0, 0.1) is 5.75 Å². The van der Waals surface area contributed by atoms with Crippen LogP contribution in [0.2, 0.25) is 0 Å². The van der Waals surface area contributed by atoms with E-state index in [1.54, 1.807) is 6.92 Å². The number of alkyl halides is 1. The van der Waals surface area contributed by atoms with Gasteiger partial charge in [-0.1, -0.05) is 0 Å². The van der Waals surface area contributed by atoms with Gasteiger partial charge < -0.3 is 0 Å². The zero-order valence-electron chi connectivity index (χ0n) is 3.80. The van der Waals surface area contributed by atoms with Gasteiger partial charge in [0.25, 0.3) is 0 Å². The van der Waals surface area contributed by atoms with Crippen LogP contribution in [0.15, 0.2) is 0 Å². The molecule has 0 spiro atoms. The average Bonchev–Trinajstić information content (AvgIpc) is 1.27. The SMILES string of the molecule is CC(Cl)[CH][SH](=O)=O. The molecule has 43 valence electrons. The lowest BCUT2D eigenvalue weighted by molar-refractivity contribution is 0.618. The molecule has 0 amide bonds. The highest BCUT2D eigenvalue weighted by Crippen LogP contribution is 1.96. The molecule has 0 heterocycles. The summed E-state index contributed by atoms with van der Waals surface area (Å²) in [7, 11) is -2.40. The summed E-state index contributed by atoms with van der Waals surface area (Å²) in [5, 5.41) is -0.374. The summed E-state index contributed by atoms with van der Waals surface area (Å²) in [4.78, 5) is 0. The molecule has 4 heteroatoms. The Bertz CT molecular complexity index is 99.5. The van der Waals surface area contributed by atoms with Crippen LogP contribution < -0.4 is 0 Å². The van der Waals surface area contributed by atoms with E-state index in [1.807, 2.05) is 0 Å². The van der Waals surface area contributed by atoms with Crippen molar-refractivity contribution in [2.45, 2.75) is 12.3 Å². The fraction of sp³-hybridized carbons (Fsp3) is 0.667. The molecule has 0 aromatic rings. The van der Waals surface area contributed by atoms with Gasteiger partial charge in [-0.05, 0) is 6.92 Å². The van der Waals surface area contributed by atoms with Crippen LogP contribution in [0.4, 0.5) is 0 Å². The van der Waals surface area contributed by atoms with E-state index < -0.39 is 10.7 Å². The molecular weight excluding hydrogens is 136 g/mol. The van der Waals surface area contributed by atoms with Crippen LogP contribution in [0.5, 0.6) is 0 Å². The number of hydrogen-bond acceptors (Lipinski definition) is 2. The van der Waals surface area contributed by atoms with Crippen molar-refractivity contribution in [3.8, 4) is 0 Å². The molecule has 1 radical (unpaired) electrons. The van der Waals surface area contributed by atoms with Crippen molar-refractivity contribution in [3.05, 3.63) is 5.75 Å².